The number of hydrogen-bond acceptors (Lipinski definition) is 2. The highest BCUT2D eigenvalue weighted by molar-refractivity contribution is 6.68. The molecule has 0 unspecified atom stereocenters. The van der Waals surface area contributed by atoms with Crippen LogP contribution in [0.15, 0.2) is 0 Å². The number of Topliss-reactive ketones (excluding diaryl/α,β-unsaturated/α-hetero) is 1. The van der Waals surface area contributed by atoms with Gasteiger partial charge in [0.2, 0.25) is 3.79 Å². The molecule has 1 saturated carbocycles. The highest BCUT2D eigenvalue weighted by Crippen LogP contribution is 2.38. The molecule has 1 rings (SSSR count). The maximum absolute atomic E-state index is 11.1. The van der Waals surface area contributed by atoms with Crippen molar-refractivity contribution in [2.75, 3.05) is 0 Å². The molecule has 1 N–H and O–H groups in total. The van der Waals surface area contributed by atoms with Gasteiger partial charge in [0.15, 0.2) is 0 Å². The van der Waals surface area contributed by atoms with Crippen LogP contribution < -0.4 is 0 Å². The molecule has 1 aliphatic rings. The second-order valence-electron chi connectivity index (χ2n) is 2.95. The Hall–Kier alpha value is 0.500. The Bertz CT molecular complexity index is 188. The molecule has 2 atom stereocenters. The minimum absolute atomic E-state index is 0.00572. The van der Waals surface area contributed by atoms with Crippen molar-refractivity contribution in [1.29, 1.82) is 0 Å². The van der Waals surface area contributed by atoms with Crippen LogP contribution >= 0.6 is 34.8 Å². The van der Waals surface area contributed by atoms with Gasteiger partial charge in [0.1, 0.15) is 11.9 Å². The first kappa shape index (κ1) is 10.6. The Kier molecular flexibility index (Phi) is 3.27. The zero-order valence-corrected chi connectivity index (χ0v) is 8.53. The zero-order valence-electron chi connectivity index (χ0n) is 6.27. The van der Waals surface area contributed by atoms with Crippen LogP contribution in [0.1, 0.15) is 19.3 Å². The maximum Gasteiger partial charge on any atom is 0.216 e. The third-order valence-corrected chi connectivity index (χ3v) is 2.74. The van der Waals surface area contributed by atoms with Crippen molar-refractivity contribution in [3.8, 4) is 0 Å². The fourth-order valence-electron chi connectivity index (χ4n) is 1.40. The van der Waals surface area contributed by atoms with E-state index in [4.69, 9.17) is 34.8 Å². The van der Waals surface area contributed by atoms with E-state index in [0.29, 0.717) is 12.8 Å². The van der Waals surface area contributed by atoms with Crippen LogP contribution in [0.25, 0.3) is 0 Å². The predicted octanol–water partition coefficient (Wildman–Crippen LogP) is 2.09. The number of aliphatic hydroxyl groups excluding tert-OH is 1. The Morgan fingerprint density at radius 1 is 1.50 bits per heavy atom. The lowest BCUT2D eigenvalue weighted by molar-refractivity contribution is -0.123. The van der Waals surface area contributed by atoms with E-state index in [1.807, 2.05) is 0 Å². The van der Waals surface area contributed by atoms with E-state index in [0.717, 1.165) is 6.42 Å². The van der Waals surface area contributed by atoms with Crippen LogP contribution in [0.2, 0.25) is 0 Å². The van der Waals surface area contributed by atoms with E-state index < -0.39 is 15.8 Å². The highest BCUT2D eigenvalue weighted by atomic mass is 35.6. The van der Waals surface area contributed by atoms with Crippen molar-refractivity contribution in [3.63, 3.8) is 0 Å². The number of ketones is 1. The number of carbonyl (C=O) groups is 1. The summed E-state index contributed by atoms with van der Waals surface area (Å²) < 4.78 is -1.75. The summed E-state index contributed by atoms with van der Waals surface area (Å²) in [4.78, 5) is 11.1. The van der Waals surface area contributed by atoms with Crippen LogP contribution in [0.5, 0.6) is 0 Å². The van der Waals surface area contributed by atoms with Gasteiger partial charge in [-0.15, -0.1) is 0 Å². The molecular weight excluding hydrogens is 222 g/mol. The van der Waals surface area contributed by atoms with E-state index in [-0.39, 0.29) is 5.78 Å². The lowest BCUT2D eigenvalue weighted by Crippen LogP contribution is -2.35. The first-order valence-corrected chi connectivity index (χ1v) is 4.84. The lowest BCUT2D eigenvalue weighted by atomic mass is 10.0. The molecule has 70 valence electrons. The number of aliphatic hydroxyl groups is 1. The number of halogens is 3. The average Bonchev–Trinajstić information content (AvgIpc) is 2.31. The van der Waals surface area contributed by atoms with Gasteiger partial charge in [-0.25, -0.2) is 0 Å². The van der Waals surface area contributed by atoms with Crippen molar-refractivity contribution in [3.05, 3.63) is 0 Å². The summed E-state index contributed by atoms with van der Waals surface area (Å²) in [5.74, 6) is -0.494. The second-order valence-corrected chi connectivity index (χ2v) is 5.32. The Morgan fingerprint density at radius 2 is 2.08 bits per heavy atom. The first-order chi connectivity index (χ1) is 5.43. The third kappa shape index (κ3) is 2.25. The van der Waals surface area contributed by atoms with Crippen molar-refractivity contribution >= 4 is 40.6 Å². The molecule has 1 fully saturated rings. The largest absolute Gasteiger partial charge is 0.388 e. The molecule has 0 spiro atoms. The fraction of sp³-hybridized carbons (Fsp3) is 0.857. The number of alkyl halides is 3. The zero-order chi connectivity index (χ0) is 9.35. The van der Waals surface area contributed by atoms with Crippen molar-refractivity contribution in [2.45, 2.75) is 29.2 Å². The van der Waals surface area contributed by atoms with Gasteiger partial charge in [-0.1, -0.05) is 34.8 Å². The van der Waals surface area contributed by atoms with Gasteiger partial charge in [-0.05, 0) is 12.8 Å². The van der Waals surface area contributed by atoms with Gasteiger partial charge in [0.25, 0.3) is 0 Å². The first-order valence-electron chi connectivity index (χ1n) is 3.70. The summed E-state index contributed by atoms with van der Waals surface area (Å²) in [5, 5.41) is 9.44. The Morgan fingerprint density at radius 3 is 2.42 bits per heavy atom. The Labute approximate surface area is 85.8 Å². The average molecular weight is 232 g/mol. The van der Waals surface area contributed by atoms with Crippen molar-refractivity contribution < 1.29 is 9.90 Å². The van der Waals surface area contributed by atoms with Gasteiger partial charge >= 0.3 is 0 Å². The molecule has 1 aliphatic carbocycles. The molecular formula is C7H9Cl3O2. The molecule has 0 aliphatic heterocycles. The van der Waals surface area contributed by atoms with Gasteiger partial charge in [0, 0.05) is 12.3 Å². The number of hydrogen-bond donors (Lipinski definition) is 1. The molecule has 12 heavy (non-hydrogen) atoms. The van der Waals surface area contributed by atoms with Crippen LogP contribution in [-0.2, 0) is 4.79 Å². The summed E-state index contributed by atoms with van der Waals surface area (Å²) in [7, 11) is 0. The SMILES string of the molecule is O=C1CCC[C@H]1[C@@H](O)C(Cl)(Cl)Cl. The van der Waals surface area contributed by atoms with Crippen molar-refractivity contribution in [2.24, 2.45) is 5.92 Å². The van der Waals surface area contributed by atoms with E-state index in [1.165, 1.54) is 0 Å². The minimum atomic E-state index is -1.75. The van der Waals surface area contributed by atoms with E-state index in [9.17, 15) is 9.90 Å². The second kappa shape index (κ2) is 3.70. The quantitative estimate of drug-likeness (QED) is 0.702. The number of carbonyl (C=O) groups excluding carboxylic acids is 1. The van der Waals surface area contributed by atoms with E-state index >= 15 is 0 Å². The highest BCUT2D eigenvalue weighted by Gasteiger charge is 2.42. The molecule has 0 aromatic heterocycles. The Balaban J connectivity index is 2.63. The predicted molar refractivity (Wildman–Crippen MR) is 48.6 cm³/mol. The van der Waals surface area contributed by atoms with Crippen LogP contribution in [0.4, 0.5) is 0 Å². The van der Waals surface area contributed by atoms with E-state index in [2.05, 4.69) is 0 Å². The maximum atomic E-state index is 11.1. The van der Waals surface area contributed by atoms with E-state index in [1.54, 1.807) is 0 Å². The summed E-state index contributed by atoms with van der Waals surface area (Å²) in [6, 6.07) is 0. The molecule has 0 aromatic rings. The van der Waals surface area contributed by atoms with Gasteiger partial charge in [-0.3, -0.25) is 4.79 Å². The monoisotopic (exact) mass is 230 g/mol. The normalized spacial score (nSPS) is 27.7. The molecule has 2 nitrogen and oxygen atoms in total. The standard InChI is InChI=1S/C7H9Cl3O2/c8-7(9,10)6(12)4-2-1-3-5(4)11/h4,6,12H,1-3H2/t4-,6-/m1/s1. The topological polar surface area (TPSA) is 37.3 Å². The van der Waals surface area contributed by atoms with Crippen LogP contribution in [0, 0.1) is 5.92 Å². The summed E-state index contributed by atoms with van der Waals surface area (Å²) in [5.41, 5.74) is 0. The number of rotatable bonds is 1. The van der Waals surface area contributed by atoms with Crippen molar-refractivity contribution in [1.82, 2.24) is 0 Å². The molecule has 0 bridgehead atoms. The van der Waals surface area contributed by atoms with Gasteiger partial charge in [0.05, 0.1) is 0 Å². The molecule has 0 amide bonds. The molecule has 0 heterocycles. The smallest absolute Gasteiger partial charge is 0.216 e. The van der Waals surface area contributed by atoms with Gasteiger partial charge < -0.3 is 5.11 Å². The van der Waals surface area contributed by atoms with Crippen LogP contribution in [0.3, 0.4) is 0 Å². The molecule has 0 aromatic carbocycles. The third-order valence-electron chi connectivity index (χ3n) is 2.07. The summed E-state index contributed by atoms with van der Waals surface area (Å²) in [6.45, 7) is 0. The minimum Gasteiger partial charge on any atom is -0.388 e. The molecule has 0 saturated heterocycles. The fourth-order valence-corrected chi connectivity index (χ4v) is 1.86. The summed E-state index contributed by atoms with van der Waals surface area (Å²) in [6.07, 6.45) is 0.718. The molecule has 5 heteroatoms. The summed E-state index contributed by atoms with van der Waals surface area (Å²) >= 11 is 16.4. The lowest BCUT2D eigenvalue weighted by Gasteiger charge is -2.23. The van der Waals surface area contributed by atoms with Crippen LogP contribution in [-0.4, -0.2) is 20.8 Å². The van der Waals surface area contributed by atoms with Gasteiger partial charge in [-0.2, -0.15) is 0 Å². The molecule has 0 radical (unpaired) electrons.